The molecule has 6 nitrogen and oxygen atoms in total. The van der Waals surface area contributed by atoms with Gasteiger partial charge in [-0.25, -0.2) is 9.79 Å². The predicted octanol–water partition coefficient (Wildman–Crippen LogP) is 4.48. The van der Waals surface area contributed by atoms with Gasteiger partial charge in [-0.2, -0.15) is 0 Å². The van der Waals surface area contributed by atoms with Gasteiger partial charge in [0.2, 0.25) is 5.90 Å². The smallest absolute Gasteiger partial charge is 0.363 e. The largest absolute Gasteiger partial charge is 0.493 e. The first-order valence-electron chi connectivity index (χ1n) is 9.43. The van der Waals surface area contributed by atoms with Crippen molar-refractivity contribution in [3.8, 4) is 11.5 Å². The lowest BCUT2D eigenvalue weighted by atomic mass is 10.0. The molecule has 0 saturated carbocycles. The van der Waals surface area contributed by atoms with E-state index in [-0.39, 0.29) is 24.0 Å². The topological polar surface area (TPSA) is 74.2 Å². The van der Waals surface area contributed by atoms with E-state index in [1.807, 2.05) is 24.3 Å². The highest BCUT2D eigenvalue weighted by molar-refractivity contribution is 6.12. The third-order valence-corrected chi connectivity index (χ3v) is 4.45. The minimum absolute atomic E-state index is 0.188. The number of rotatable bonds is 6. The van der Waals surface area contributed by atoms with Gasteiger partial charge in [-0.1, -0.05) is 39.0 Å². The summed E-state index contributed by atoms with van der Waals surface area (Å²) < 4.78 is 15.8. The Morgan fingerprint density at radius 2 is 1.86 bits per heavy atom. The van der Waals surface area contributed by atoms with Crippen molar-refractivity contribution < 1.29 is 23.8 Å². The second-order valence-electron chi connectivity index (χ2n) is 6.85. The number of ether oxygens (including phenoxy) is 3. The number of nitrogens with zero attached hydrogens (tertiary/aromatic N) is 1. The summed E-state index contributed by atoms with van der Waals surface area (Å²) >= 11 is 0. The molecule has 2 aromatic rings. The lowest BCUT2D eigenvalue weighted by Gasteiger charge is -2.09. The van der Waals surface area contributed by atoms with Gasteiger partial charge < -0.3 is 14.2 Å². The van der Waals surface area contributed by atoms with Crippen molar-refractivity contribution in [3.63, 3.8) is 0 Å². The molecule has 0 amide bonds. The highest BCUT2D eigenvalue weighted by atomic mass is 16.6. The van der Waals surface area contributed by atoms with E-state index in [1.165, 1.54) is 12.7 Å². The van der Waals surface area contributed by atoms with E-state index in [0.29, 0.717) is 23.0 Å². The molecular formula is C23H23NO5. The zero-order valence-corrected chi connectivity index (χ0v) is 16.9. The Labute approximate surface area is 169 Å². The van der Waals surface area contributed by atoms with E-state index < -0.39 is 5.97 Å². The first-order valence-corrected chi connectivity index (χ1v) is 9.43. The Morgan fingerprint density at radius 1 is 1.14 bits per heavy atom. The fraction of sp³-hybridized carbons (Fsp3) is 0.261. The van der Waals surface area contributed by atoms with Crippen LogP contribution in [-0.4, -0.2) is 24.9 Å². The van der Waals surface area contributed by atoms with Crippen molar-refractivity contribution in [1.29, 1.82) is 0 Å². The fourth-order valence-corrected chi connectivity index (χ4v) is 2.75. The Morgan fingerprint density at radius 3 is 2.48 bits per heavy atom. The normalized spacial score (nSPS) is 14.7. The van der Waals surface area contributed by atoms with Crippen molar-refractivity contribution in [3.05, 3.63) is 64.9 Å². The lowest BCUT2D eigenvalue weighted by Crippen LogP contribution is -2.06. The standard InChI is InChI=1S/C23H23NO5/c1-5-21(25)28-19-11-6-15(13-20(19)27-4)12-18-23(26)29-22(24-18)17-9-7-16(8-10-17)14(2)3/h6-14H,5H2,1-4H3/b18-12-. The highest BCUT2D eigenvalue weighted by Gasteiger charge is 2.24. The van der Waals surface area contributed by atoms with E-state index >= 15 is 0 Å². The number of benzene rings is 2. The Hall–Kier alpha value is -3.41. The van der Waals surface area contributed by atoms with Crippen LogP contribution in [0.3, 0.4) is 0 Å². The van der Waals surface area contributed by atoms with Crippen molar-refractivity contribution in [1.82, 2.24) is 0 Å². The van der Waals surface area contributed by atoms with Crippen LogP contribution >= 0.6 is 0 Å². The molecule has 0 bridgehead atoms. The zero-order valence-electron chi connectivity index (χ0n) is 16.9. The third-order valence-electron chi connectivity index (χ3n) is 4.45. The molecule has 1 aliphatic rings. The molecule has 29 heavy (non-hydrogen) atoms. The molecule has 0 aromatic heterocycles. The van der Waals surface area contributed by atoms with Gasteiger partial charge in [0, 0.05) is 12.0 Å². The molecule has 0 atom stereocenters. The van der Waals surface area contributed by atoms with Crippen LogP contribution < -0.4 is 9.47 Å². The molecule has 3 rings (SSSR count). The maximum Gasteiger partial charge on any atom is 0.363 e. The number of hydrogen-bond acceptors (Lipinski definition) is 6. The van der Waals surface area contributed by atoms with Crippen molar-refractivity contribution in [2.75, 3.05) is 7.11 Å². The van der Waals surface area contributed by atoms with Crippen LogP contribution in [0.5, 0.6) is 11.5 Å². The van der Waals surface area contributed by atoms with Crippen LogP contribution in [0, 0.1) is 0 Å². The summed E-state index contributed by atoms with van der Waals surface area (Å²) in [5.41, 5.74) is 2.80. The van der Waals surface area contributed by atoms with E-state index in [1.54, 1.807) is 31.2 Å². The van der Waals surface area contributed by atoms with Crippen LogP contribution in [0.15, 0.2) is 53.2 Å². The van der Waals surface area contributed by atoms with Crippen LogP contribution in [0.4, 0.5) is 0 Å². The number of carbonyl (C=O) groups excluding carboxylic acids is 2. The SMILES string of the molecule is CCC(=O)Oc1ccc(/C=C2\N=C(c3ccc(C(C)C)cc3)OC2=O)cc1OC. The molecule has 1 heterocycles. The van der Waals surface area contributed by atoms with E-state index in [2.05, 4.69) is 18.8 Å². The van der Waals surface area contributed by atoms with Crippen LogP contribution in [-0.2, 0) is 14.3 Å². The van der Waals surface area contributed by atoms with Crippen LogP contribution in [0.1, 0.15) is 49.8 Å². The second-order valence-corrected chi connectivity index (χ2v) is 6.85. The van der Waals surface area contributed by atoms with Crippen molar-refractivity contribution in [2.45, 2.75) is 33.1 Å². The Balaban J connectivity index is 1.86. The maximum absolute atomic E-state index is 12.2. The van der Waals surface area contributed by atoms with Crippen LogP contribution in [0.25, 0.3) is 6.08 Å². The molecule has 0 N–H and O–H groups in total. The monoisotopic (exact) mass is 393 g/mol. The number of methoxy groups -OCH3 is 1. The molecular weight excluding hydrogens is 370 g/mol. The van der Waals surface area contributed by atoms with Gasteiger partial charge in [0.15, 0.2) is 17.2 Å². The molecule has 2 aromatic carbocycles. The first kappa shape index (κ1) is 20.3. The predicted molar refractivity (Wildman–Crippen MR) is 110 cm³/mol. The molecule has 0 saturated heterocycles. The Kier molecular flexibility index (Phi) is 6.12. The van der Waals surface area contributed by atoms with E-state index in [4.69, 9.17) is 14.2 Å². The van der Waals surface area contributed by atoms with Crippen molar-refractivity contribution in [2.24, 2.45) is 4.99 Å². The lowest BCUT2D eigenvalue weighted by molar-refractivity contribution is -0.134. The minimum atomic E-state index is -0.520. The van der Waals surface area contributed by atoms with Gasteiger partial charge in [0.1, 0.15) is 0 Å². The molecule has 150 valence electrons. The number of cyclic esters (lactones) is 1. The third kappa shape index (κ3) is 4.71. The van der Waals surface area contributed by atoms with Gasteiger partial charge >= 0.3 is 11.9 Å². The summed E-state index contributed by atoms with van der Waals surface area (Å²) in [7, 11) is 1.48. The number of esters is 2. The van der Waals surface area contributed by atoms with E-state index in [9.17, 15) is 9.59 Å². The molecule has 0 fully saturated rings. The summed E-state index contributed by atoms with van der Waals surface area (Å²) in [5.74, 6) is 0.532. The summed E-state index contributed by atoms with van der Waals surface area (Å²) in [6.07, 6.45) is 1.86. The van der Waals surface area contributed by atoms with Crippen LogP contribution in [0.2, 0.25) is 0 Å². The van der Waals surface area contributed by atoms with E-state index in [0.717, 1.165) is 5.56 Å². The average Bonchev–Trinajstić information content (AvgIpc) is 3.09. The highest BCUT2D eigenvalue weighted by Crippen LogP contribution is 2.30. The minimum Gasteiger partial charge on any atom is -0.493 e. The zero-order chi connectivity index (χ0) is 21.0. The van der Waals surface area contributed by atoms with Gasteiger partial charge in [-0.05, 0) is 47.4 Å². The van der Waals surface area contributed by atoms with Gasteiger partial charge in [-0.3, -0.25) is 4.79 Å². The number of carbonyl (C=O) groups is 2. The van der Waals surface area contributed by atoms with Gasteiger partial charge in [0.25, 0.3) is 0 Å². The molecule has 0 unspecified atom stereocenters. The fourth-order valence-electron chi connectivity index (χ4n) is 2.75. The summed E-state index contributed by atoms with van der Waals surface area (Å²) in [6.45, 7) is 5.95. The molecule has 0 aliphatic carbocycles. The average molecular weight is 393 g/mol. The molecule has 0 spiro atoms. The van der Waals surface area contributed by atoms with Crippen molar-refractivity contribution >= 4 is 23.9 Å². The number of hydrogen-bond donors (Lipinski definition) is 0. The summed E-state index contributed by atoms with van der Waals surface area (Å²) in [5, 5.41) is 0. The Bertz CT molecular complexity index is 987. The molecule has 1 aliphatic heterocycles. The summed E-state index contributed by atoms with van der Waals surface area (Å²) in [6, 6.07) is 12.8. The molecule has 6 heteroatoms. The first-order chi connectivity index (χ1) is 13.9. The maximum atomic E-state index is 12.2. The second kappa shape index (κ2) is 8.73. The van der Waals surface area contributed by atoms with Gasteiger partial charge in [-0.15, -0.1) is 0 Å². The number of aliphatic imine (C=N–C) groups is 1. The van der Waals surface area contributed by atoms with Gasteiger partial charge in [0.05, 0.1) is 7.11 Å². The summed E-state index contributed by atoms with van der Waals surface area (Å²) in [4.78, 5) is 28.1. The molecule has 0 radical (unpaired) electrons. The quantitative estimate of drug-likeness (QED) is 0.411.